The molecular formula is C10H19NO2S. The maximum absolute atomic E-state index is 11.7. The summed E-state index contributed by atoms with van der Waals surface area (Å²) in [7, 11) is 0. The number of thioether (sulfide) groups is 1. The number of carbonyl (C=O) groups excluding carboxylic acids is 1. The molecule has 1 rings (SSSR count). The normalized spacial score (nSPS) is 26.4. The third kappa shape index (κ3) is 3.17. The van der Waals surface area contributed by atoms with Crippen molar-refractivity contribution in [2.24, 2.45) is 5.41 Å². The summed E-state index contributed by atoms with van der Waals surface area (Å²) in [5.41, 5.74) is -0.278. The lowest BCUT2D eigenvalue weighted by atomic mass is 9.89. The second-order valence-electron chi connectivity index (χ2n) is 3.97. The van der Waals surface area contributed by atoms with E-state index >= 15 is 0 Å². The van der Waals surface area contributed by atoms with Gasteiger partial charge in [0.05, 0.1) is 12.0 Å². The van der Waals surface area contributed by atoms with E-state index in [0.29, 0.717) is 13.2 Å². The fourth-order valence-corrected chi connectivity index (χ4v) is 1.91. The van der Waals surface area contributed by atoms with Crippen LogP contribution in [0.15, 0.2) is 0 Å². The molecule has 14 heavy (non-hydrogen) atoms. The van der Waals surface area contributed by atoms with Crippen LogP contribution >= 0.6 is 11.8 Å². The van der Waals surface area contributed by atoms with Crippen molar-refractivity contribution >= 4 is 17.7 Å². The van der Waals surface area contributed by atoms with E-state index in [4.69, 9.17) is 4.74 Å². The van der Waals surface area contributed by atoms with Gasteiger partial charge in [0.1, 0.15) is 0 Å². The molecule has 0 aromatic rings. The molecule has 1 N–H and O–H groups in total. The molecule has 1 heterocycles. The lowest BCUT2D eigenvalue weighted by Gasteiger charge is -2.20. The first kappa shape index (κ1) is 11.9. The fourth-order valence-electron chi connectivity index (χ4n) is 1.48. The van der Waals surface area contributed by atoms with E-state index in [2.05, 4.69) is 11.6 Å². The molecule has 1 unspecified atom stereocenters. The van der Waals surface area contributed by atoms with E-state index in [0.717, 1.165) is 25.1 Å². The first-order chi connectivity index (χ1) is 6.69. The van der Waals surface area contributed by atoms with E-state index in [1.165, 1.54) is 0 Å². The molecular weight excluding hydrogens is 198 g/mol. The maximum atomic E-state index is 11.7. The summed E-state index contributed by atoms with van der Waals surface area (Å²) in [4.78, 5) is 11.7. The Labute approximate surface area is 90.0 Å². The number of hydrogen-bond acceptors (Lipinski definition) is 3. The molecule has 1 atom stereocenters. The smallest absolute Gasteiger partial charge is 0.228 e. The van der Waals surface area contributed by atoms with E-state index in [-0.39, 0.29) is 11.3 Å². The Balaban J connectivity index is 2.20. The highest BCUT2D eigenvalue weighted by Gasteiger charge is 2.36. The third-order valence-corrected chi connectivity index (χ3v) is 3.27. The Morgan fingerprint density at radius 1 is 1.64 bits per heavy atom. The lowest BCUT2D eigenvalue weighted by Crippen LogP contribution is -2.39. The summed E-state index contributed by atoms with van der Waals surface area (Å²) in [6, 6.07) is 0. The number of rotatable bonds is 5. The van der Waals surface area contributed by atoms with Crippen molar-refractivity contribution in [2.45, 2.75) is 19.8 Å². The Morgan fingerprint density at radius 3 is 3.00 bits per heavy atom. The second-order valence-corrected chi connectivity index (χ2v) is 4.95. The lowest BCUT2D eigenvalue weighted by molar-refractivity contribution is -0.130. The van der Waals surface area contributed by atoms with Crippen LogP contribution in [-0.4, -0.2) is 37.7 Å². The Morgan fingerprint density at radius 2 is 2.43 bits per heavy atom. The zero-order chi connectivity index (χ0) is 10.4. The van der Waals surface area contributed by atoms with Gasteiger partial charge in [-0.3, -0.25) is 4.79 Å². The molecule has 1 fully saturated rings. The Kier molecular flexibility index (Phi) is 4.75. The molecule has 0 saturated carbocycles. The monoisotopic (exact) mass is 217 g/mol. The zero-order valence-corrected chi connectivity index (χ0v) is 9.78. The number of hydrogen-bond donors (Lipinski definition) is 1. The minimum atomic E-state index is -0.278. The highest BCUT2D eigenvalue weighted by Crippen LogP contribution is 2.27. The number of amides is 1. The van der Waals surface area contributed by atoms with E-state index < -0.39 is 0 Å². The summed E-state index contributed by atoms with van der Waals surface area (Å²) in [6.07, 6.45) is 3.97. The van der Waals surface area contributed by atoms with Gasteiger partial charge < -0.3 is 10.1 Å². The molecule has 3 nitrogen and oxygen atoms in total. The summed E-state index contributed by atoms with van der Waals surface area (Å²) in [5, 5.41) is 2.97. The van der Waals surface area contributed by atoms with Crippen molar-refractivity contribution in [1.29, 1.82) is 0 Å². The van der Waals surface area contributed by atoms with E-state index in [1.807, 2.05) is 18.7 Å². The van der Waals surface area contributed by atoms with Crippen molar-refractivity contribution in [3.63, 3.8) is 0 Å². The van der Waals surface area contributed by atoms with Gasteiger partial charge in [-0.2, -0.15) is 11.8 Å². The molecule has 1 amide bonds. The van der Waals surface area contributed by atoms with Gasteiger partial charge in [0.15, 0.2) is 0 Å². The van der Waals surface area contributed by atoms with Gasteiger partial charge in [0.2, 0.25) is 5.91 Å². The summed E-state index contributed by atoms with van der Waals surface area (Å²) in [5.74, 6) is 1.25. The Bertz CT molecular complexity index is 191. The fraction of sp³-hybridized carbons (Fsp3) is 0.900. The number of nitrogens with one attached hydrogen (secondary N) is 1. The molecule has 1 aliphatic rings. The topological polar surface area (TPSA) is 38.3 Å². The second kappa shape index (κ2) is 5.61. The van der Waals surface area contributed by atoms with Crippen molar-refractivity contribution < 1.29 is 9.53 Å². The Hall–Kier alpha value is -0.220. The van der Waals surface area contributed by atoms with Crippen molar-refractivity contribution in [1.82, 2.24) is 5.32 Å². The van der Waals surface area contributed by atoms with Crippen LogP contribution in [0.1, 0.15) is 19.8 Å². The summed E-state index contributed by atoms with van der Waals surface area (Å²) >= 11 is 1.81. The van der Waals surface area contributed by atoms with Crippen molar-refractivity contribution in [3.05, 3.63) is 0 Å². The third-order valence-electron chi connectivity index (χ3n) is 2.58. The van der Waals surface area contributed by atoms with Gasteiger partial charge in [0, 0.05) is 13.2 Å². The van der Waals surface area contributed by atoms with Crippen molar-refractivity contribution in [3.8, 4) is 0 Å². The molecule has 0 bridgehead atoms. The first-order valence-corrected chi connectivity index (χ1v) is 6.43. The van der Waals surface area contributed by atoms with Crippen LogP contribution in [-0.2, 0) is 9.53 Å². The van der Waals surface area contributed by atoms with Crippen LogP contribution in [0.5, 0.6) is 0 Å². The first-order valence-electron chi connectivity index (χ1n) is 5.04. The number of carbonyl (C=O) groups is 1. The van der Waals surface area contributed by atoms with Gasteiger partial charge in [0.25, 0.3) is 0 Å². The van der Waals surface area contributed by atoms with Gasteiger partial charge in [-0.1, -0.05) is 0 Å². The minimum Gasteiger partial charge on any atom is -0.380 e. The molecule has 0 aliphatic carbocycles. The molecule has 0 aromatic heterocycles. The summed E-state index contributed by atoms with van der Waals surface area (Å²) in [6.45, 7) is 4.05. The number of ether oxygens (including phenoxy) is 1. The SMILES string of the molecule is CSCCCNC(=O)C1(C)CCOC1. The van der Waals surface area contributed by atoms with Crippen LogP contribution in [0.3, 0.4) is 0 Å². The standard InChI is InChI=1S/C10H19NO2S/c1-10(4-6-13-8-10)9(12)11-5-3-7-14-2/h3-8H2,1-2H3,(H,11,12). The quantitative estimate of drug-likeness (QED) is 0.705. The zero-order valence-electron chi connectivity index (χ0n) is 8.97. The molecule has 0 aromatic carbocycles. The minimum absolute atomic E-state index is 0.149. The average molecular weight is 217 g/mol. The molecule has 0 spiro atoms. The van der Waals surface area contributed by atoms with Crippen molar-refractivity contribution in [2.75, 3.05) is 31.8 Å². The highest BCUT2D eigenvalue weighted by atomic mass is 32.2. The van der Waals surface area contributed by atoms with Gasteiger partial charge in [-0.05, 0) is 31.8 Å². The van der Waals surface area contributed by atoms with E-state index in [1.54, 1.807) is 0 Å². The van der Waals surface area contributed by atoms with Gasteiger partial charge in [-0.15, -0.1) is 0 Å². The predicted octanol–water partition coefficient (Wildman–Crippen LogP) is 1.28. The molecule has 0 radical (unpaired) electrons. The summed E-state index contributed by atoms with van der Waals surface area (Å²) < 4.78 is 5.24. The van der Waals surface area contributed by atoms with Gasteiger partial charge >= 0.3 is 0 Å². The van der Waals surface area contributed by atoms with E-state index in [9.17, 15) is 4.79 Å². The highest BCUT2D eigenvalue weighted by molar-refractivity contribution is 7.98. The maximum Gasteiger partial charge on any atom is 0.228 e. The van der Waals surface area contributed by atoms with Crippen LogP contribution in [0.4, 0.5) is 0 Å². The van der Waals surface area contributed by atoms with Crippen LogP contribution in [0.25, 0.3) is 0 Å². The predicted molar refractivity (Wildman–Crippen MR) is 59.6 cm³/mol. The van der Waals surface area contributed by atoms with Crippen LogP contribution in [0.2, 0.25) is 0 Å². The van der Waals surface area contributed by atoms with Crippen LogP contribution in [0, 0.1) is 5.41 Å². The molecule has 4 heteroatoms. The average Bonchev–Trinajstić information content (AvgIpc) is 2.61. The molecule has 1 aliphatic heterocycles. The largest absolute Gasteiger partial charge is 0.380 e. The molecule has 1 saturated heterocycles. The van der Waals surface area contributed by atoms with Crippen LogP contribution < -0.4 is 5.32 Å². The molecule has 82 valence electrons. The van der Waals surface area contributed by atoms with Gasteiger partial charge in [-0.25, -0.2) is 0 Å².